The zero-order chi connectivity index (χ0) is 15.3. The van der Waals surface area contributed by atoms with Crippen LogP contribution in [0.25, 0.3) is 0 Å². The van der Waals surface area contributed by atoms with E-state index in [9.17, 15) is 8.42 Å². The van der Waals surface area contributed by atoms with Crippen molar-refractivity contribution in [3.05, 3.63) is 24.0 Å². The Kier molecular flexibility index (Phi) is 5.32. The van der Waals surface area contributed by atoms with E-state index in [1.807, 2.05) is 6.07 Å². The molecule has 0 spiro atoms. The van der Waals surface area contributed by atoms with Gasteiger partial charge < -0.3 is 0 Å². The molecule has 5 nitrogen and oxygen atoms in total. The molecule has 6 heteroatoms. The Morgan fingerprint density at radius 2 is 2.24 bits per heavy atom. The fourth-order valence-corrected chi connectivity index (χ4v) is 3.90. The molecule has 0 bridgehead atoms. The number of hydrogen-bond donors (Lipinski definition) is 1. The zero-order valence-electron chi connectivity index (χ0n) is 12.2. The molecular weight excluding hydrogens is 286 g/mol. The third-order valence-corrected chi connectivity index (χ3v) is 5.50. The van der Waals surface area contributed by atoms with Gasteiger partial charge in [-0.3, -0.25) is 0 Å². The Bertz CT molecular complexity index is 605. The van der Waals surface area contributed by atoms with E-state index in [1.54, 1.807) is 0 Å². The van der Waals surface area contributed by atoms with Gasteiger partial charge in [-0.1, -0.05) is 26.2 Å². The fourth-order valence-electron chi connectivity index (χ4n) is 2.91. The summed E-state index contributed by atoms with van der Waals surface area (Å²) in [6, 6.07) is 4.70. The van der Waals surface area contributed by atoms with E-state index in [0.29, 0.717) is 12.5 Å². The molecule has 1 N–H and O–H groups in total. The van der Waals surface area contributed by atoms with Crippen LogP contribution in [0.15, 0.2) is 23.2 Å². The van der Waals surface area contributed by atoms with E-state index in [0.717, 1.165) is 12.3 Å². The number of pyridine rings is 1. The van der Waals surface area contributed by atoms with Gasteiger partial charge in [0.15, 0.2) is 0 Å². The first-order valence-electron chi connectivity index (χ1n) is 7.37. The van der Waals surface area contributed by atoms with Crippen LogP contribution in [0.1, 0.15) is 44.7 Å². The maximum atomic E-state index is 12.1. The van der Waals surface area contributed by atoms with E-state index in [-0.39, 0.29) is 10.6 Å². The number of nitrogens with zero attached hydrogens (tertiary/aromatic N) is 2. The minimum absolute atomic E-state index is 0.110. The van der Waals surface area contributed by atoms with Crippen LogP contribution in [0.4, 0.5) is 0 Å². The molecule has 0 aromatic carbocycles. The summed E-state index contributed by atoms with van der Waals surface area (Å²) in [6.07, 6.45) is 7.04. The lowest BCUT2D eigenvalue weighted by atomic mass is 9.81. The van der Waals surface area contributed by atoms with Gasteiger partial charge in [-0.15, -0.1) is 0 Å². The molecule has 1 heterocycles. The summed E-state index contributed by atoms with van der Waals surface area (Å²) >= 11 is 0. The molecule has 1 saturated carbocycles. The molecule has 1 aromatic rings. The normalized spacial score (nSPS) is 22.7. The first-order chi connectivity index (χ1) is 10.0. The molecule has 1 aliphatic rings. The molecule has 1 aromatic heterocycles. The summed E-state index contributed by atoms with van der Waals surface area (Å²) in [5.74, 6) is 1.37. The van der Waals surface area contributed by atoms with Crippen molar-refractivity contribution in [3.63, 3.8) is 0 Å². The van der Waals surface area contributed by atoms with Crippen LogP contribution in [-0.2, 0) is 10.0 Å². The van der Waals surface area contributed by atoms with Crippen molar-refractivity contribution in [2.45, 2.75) is 43.9 Å². The van der Waals surface area contributed by atoms with E-state index < -0.39 is 10.0 Å². The highest BCUT2D eigenvalue weighted by Gasteiger charge is 2.20. The Balaban J connectivity index is 1.87. The smallest absolute Gasteiger partial charge is 0.242 e. The maximum Gasteiger partial charge on any atom is 0.242 e. The Labute approximate surface area is 126 Å². The highest BCUT2D eigenvalue weighted by molar-refractivity contribution is 7.89. The average molecular weight is 307 g/mol. The van der Waals surface area contributed by atoms with E-state index in [2.05, 4.69) is 16.6 Å². The van der Waals surface area contributed by atoms with E-state index in [4.69, 9.17) is 5.26 Å². The van der Waals surface area contributed by atoms with Gasteiger partial charge in [-0.2, -0.15) is 5.26 Å². The van der Waals surface area contributed by atoms with Crippen LogP contribution in [0.2, 0.25) is 0 Å². The van der Waals surface area contributed by atoms with Crippen LogP contribution in [0.3, 0.4) is 0 Å². The predicted octanol–water partition coefficient (Wildman–Crippen LogP) is 2.45. The quantitative estimate of drug-likeness (QED) is 0.905. The molecule has 21 heavy (non-hydrogen) atoms. The Morgan fingerprint density at radius 3 is 2.86 bits per heavy atom. The second-order valence-corrected chi connectivity index (χ2v) is 7.58. The summed E-state index contributed by atoms with van der Waals surface area (Å²) < 4.78 is 26.8. The number of rotatable bonds is 5. The first kappa shape index (κ1) is 15.9. The summed E-state index contributed by atoms with van der Waals surface area (Å²) in [4.78, 5) is 3.90. The van der Waals surface area contributed by atoms with Crippen LogP contribution in [-0.4, -0.2) is 19.9 Å². The largest absolute Gasteiger partial charge is 0.244 e. The molecule has 2 unspecified atom stereocenters. The van der Waals surface area contributed by atoms with Crippen molar-refractivity contribution in [2.24, 2.45) is 11.8 Å². The van der Waals surface area contributed by atoms with Crippen LogP contribution >= 0.6 is 0 Å². The number of nitrogens with one attached hydrogen (secondary N) is 1. The molecule has 0 amide bonds. The number of nitriles is 1. The Hall–Kier alpha value is -1.45. The van der Waals surface area contributed by atoms with Crippen LogP contribution in [0.5, 0.6) is 0 Å². The molecule has 1 aliphatic carbocycles. The highest BCUT2D eigenvalue weighted by atomic mass is 32.2. The lowest BCUT2D eigenvalue weighted by Crippen LogP contribution is -2.27. The molecule has 114 valence electrons. The molecule has 1 fully saturated rings. The average Bonchev–Trinajstić information content (AvgIpc) is 2.47. The number of hydrogen-bond acceptors (Lipinski definition) is 4. The van der Waals surface area contributed by atoms with Crippen molar-refractivity contribution in [1.29, 1.82) is 5.26 Å². The standard InChI is InChI=1S/C15H21N3O2S/c1-12-3-2-4-13(9-12)7-8-18-21(19,20)15-6-5-14(10-16)17-11-15/h5-6,11-13,18H,2-4,7-9H2,1H3. The summed E-state index contributed by atoms with van der Waals surface area (Å²) in [5, 5.41) is 8.66. The van der Waals surface area contributed by atoms with Gasteiger partial charge in [0.05, 0.1) is 0 Å². The Morgan fingerprint density at radius 1 is 1.43 bits per heavy atom. The predicted molar refractivity (Wildman–Crippen MR) is 79.9 cm³/mol. The highest BCUT2D eigenvalue weighted by Crippen LogP contribution is 2.30. The van der Waals surface area contributed by atoms with Crippen molar-refractivity contribution < 1.29 is 8.42 Å². The minimum Gasteiger partial charge on any atom is -0.244 e. The molecule has 0 saturated heterocycles. The van der Waals surface area contributed by atoms with Crippen molar-refractivity contribution in [3.8, 4) is 6.07 Å². The number of aromatic nitrogens is 1. The maximum absolute atomic E-state index is 12.1. The lowest BCUT2D eigenvalue weighted by Gasteiger charge is -2.26. The second-order valence-electron chi connectivity index (χ2n) is 5.82. The van der Waals surface area contributed by atoms with Gasteiger partial charge in [-0.25, -0.2) is 18.1 Å². The van der Waals surface area contributed by atoms with Crippen LogP contribution < -0.4 is 4.72 Å². The second kappa shape index (κ2) is 7.01. The van der Waals surface area contributed by atoms with Crippen molar-refractivity contribution in [1.82, 2.24) is 9.71 Å². The molecule has 0 aliphatic heterocycles. The lowest BCUT2D eigenvalue weighted by molar-refractivity contribution is 0.271. The molecule has 2 atom stereocenters. The first-order valence-corrected chi connectivity index (χ1v) is 8.85. The van der Waals surface area contributed by atoms with Crippen LogP contribution in [0, 0.1) is 23.2 Å². The topological polar surface area (TPSA) is 82.9 Å². The van der Waals surface area contributed by atoms with Gasteiger partial charge in [-0.05, 0) is 36.8 Å². The SMILES string of the molecule is CC1CCCC(CCNS(=O)(=O)c2ccc(C#N)nc2)C1. The summed E-state index contributed by atoms with van der Waals surface area (Å²) in [7, 11) is -3.52. The van der Waals surface area contributed by atoms with E-state index in [1.165, 1.54) is 44.0 Å². The van der Waals surface area contributed by atoms with Crippen molar-refractivity contribution >= 4 is 10.0 Å². The molecular formula is C15H21N3O2S. The monoisotopic (exact) mass is 307 g/mol. The van der Waals surface area contributed by atoms with Gasteiger partial charge in [0.1, 0.15) is 16.7 Å². The number of sulfonamides is 1. The molecule has 2 rings (SSSR count). The third-order valence-electron chi connectivity index (χ3n) is 4.05. The van der Waals surface area contributed by atoms with Gasteiger partial charge in [0, 0.05) is 12.7 Å². The van der Waals surface area contributed by atoms with E-state index >= 15 is 0 Å². The summed E-state index contributed by atoms with van der Waals surface area (Å²) in [5.41, 5.74) is 0.213. The van der Waals surface area contributed by atoms with Gasteiger partial charge in [0.25, 0.3) is 0 Å². The third kappa shape index (κ3) is 4.51. The van der Waals surface area contributed by atoms with Gasteiger partial charge in [0.2, 0.25) is 10.0 Å². The molecule has 0 radical (unpaired) electrons. The van der Waals surface area contributed by atoms with Gasteiger partial charge >= 0.3 is 0 Å². The fraction of sp³-hybridized carbons (Fsp3) is 0.600. The summed E-state index contributed by atoms with van der Waals surface area (Å²) in [6.45, 7) is 2.72. The zero-order valence-corrected chi connectivity index (χ0v) is 13.1. The minimum atomic E-state index is -3.52. The van der Waals surface area contributed by atoms with Crippen molar-refractivity contribution in [2.75, 3.05) is 6.54 Å².